The summed E-state index contributed by atoms with van der Waals surface area (Å²) < 4.78 is 14.4. The first-order chi connectivity index (χ1) is 13.3. The standard InChI is InChI=1S/C20H16N4O2S.Pt/c1-25-17-13-23(15-9-5-3-6-10-15)21-19(17)27-20-18(26-2)14-24(22-20)16-11-7-4-8-12-16;/h3-9,11,13-14H,1-2H3;/q-2;+2. The molecule has 2 heterocycles. The zero-order valence-electron chi connectivity index (χ0n) is 15.1. The fourth-order valence-corrected chi connectivity index (χ4v) is 3.41. The topological polar surface area (TPSA) is 54.1 Å². The molecule has 0 N–H and O–H groups in total. The van der Waals surface area contributed by atoms with E-state index in [2.05, 4.69) is 22.3 Å². The molecule has 0 aliphatic heterocycles. The molecule has 0 fully saturated rings. The van der Waals surface area contributed by atoms with Crippen molar-refractivity contribution in [3.8, 4) is 22.9 Å². The predicted molar refractivity (Wildman–Crippen MR) is 102 cm³/mol. The van der Waals surface area contributed by atoms with Gasteiger partial charge < -0.3 is 9.47 Å². The van der Waals surface area contributed by atoms with E-state index < -0.39 is 0 Å². The van der Waals surface area contributed by atoms with Gasteiger partial charge >= 0.3 is 21.1 Å². The smallest absolute Gasteiger partial charge is 0.492 e. The largest absolute Gasteiger partial charge is 2.00 e. The minimum atomic E-state index is 0. The van der Waals surface area contributed by atoms with Crippen molar-refractivity contribution in [3.05, 3.63) is 73.1 Å². The molecule has 0 atom stereocenters. The molecule has 4 aromatic rings. The average Bonchev–Trinajstić information content (AvgIpc) is 3.33. The Morgan fingerprint density at radius 2 is 1.25 bits per heavy atom. The van der Waals surface area contributed by atoms with E-state index >= 15 is 0 Å². The summed E-state index contributed by atoms with van der Waals surface area (Å²) in [5, 5.41) is 10.6. The van der Waals surface area contributed by atoms with E-state index in [-0.39, 0.29) is 21.1 Å². The summed E-state index contributed by atoms with van der Waals surface area (Å²) in [5.74, 6) is 1.31. The molecule has 2 aromatic carbocycles. The number of methoxy groups -OCH3 is 2. The Labute approximate surface area is 181 Å². The maximum absolute atomic E-state index is 5.49. The van der Waals surface area contributed by atoms with Gasteiger partial charge in [-0.2, -0.15) is 58.7 Å². The van der Waals surface area contributed by atoms with Crippen molar-refractivity contribution in [1.82, 2.24) is 19.6 Å². The second kappa shape index (κ2) is 9.13. The van der Waals surface area contributed by atoms with Crippen LogP contribution in [0.15, 0.2) is 71.0 Å². The molecule has 2 aromatic heterocycles. The zero-order valence-corrected chi connectivity index (χ0v) is 18.2. The molecule has 0 radical (unpaired) electrons. The molecule has 0 bridgehead atoms. The monoisotopic (exact) mass is 571 g/mol. The van der Waals surface area contributed by atoms with Crippen molar-refractivity contribution in [2.75, 3.05) is 14.2 Å². The Bertz CT molecular complexity index is 951. The molecule has 28 heavy (non-hydrogen) atoms. The summed E-state index contributed by atoms with van der Waals surface area (Å²) in [6.45, 7) is 0. The first-order valence-corrected chi connectivity index (χ1v) is 8.99. The Morgan fingerprint density at radius 3 is 1.61 bits per heavy atom. The van der Waals surface area contributed by atoms with Crippen LogP contribution in [0.1, 0.15) is 0 Å². The van der Waals surface area contributed by atoms with Crippen LogP contribution in [0.3, 0.4) is 0 Å². The van der Waals surface area contributed by atoms with E-state index in [0.717, 1.165) is 11.4 Å². The Kier molecular flexibility index (Phi) is 6.60. The summed E-state index contributed by atoms with van der Waals surface area (Å²) in [6, 6.07) is 21.6. The molecule has 0 unspecified atom stereocenters. The average molecular weight is 572 g/mol. The number of nitrogens with zero attached hydrogens (tertiary/aromatic N) is 4. The maximum atomic E-state index is 5.49. The molecule has 4 rings (SSSR count). The number of ether oxygens (including phenoxy) is 2. The third-order valence-electron chi connectivity index (χ3n) is 3.81. The van der Waals surface area contributed by atoms with Crippen LogP contribution in [0.2, 0.25) is 0 Å². The molecular formula is C20H16N4O2PtS. The zero-order chi connectivity index (χ0) is 18.6. The third-order valence-corrected chi connectivity index (χ3v) is 4.76. The van der Waals surface area contributed by atoms with Crippen LogP contribution in [0.5, 0.6) is 11.5 Å². The van der Waals surface area contributed by atoms with Crippen molar-refractivity contribution in [1.29, 1.82) is 0 Å². The fraction of sp³-hybridized carbons (Fsp3) is 0.100. The van der Waals surface area contributed by atoms with Gasteiger partial charge in [0.05, 0.1) is 26.6 Å². The quantitative estimate of drug-likeness (QED) is 0.330. The van der Waals surface area contributed by atoms with Crippen molar-refractivity contribution in [2.45, 2.75) is 10.1 Å². The van der Waals surface area contributed by atoms with Gasteiger partial charge in [0.1, 0.15) is 0 Å². The molecule has 0 spiro atoms. The van der Waals surface area contributed by atoms with Crippen molar-refractivity contribution in [2.24, 2.45) is 0 Å². The number of aromatic nitrogens is 4. The third kappa shape index (κ3) is 4.16. The molecule has 144 valence electrons. The van der Waals surface area contributed by atoms with E-state index in [4.69, 9.17) is 9.47 Å². The number of hydrogen-bond acceptors (Lipinski definition) is 5. The van der Waals surface area contributed by atoms with Gasteiger partial charge in [-0.25, -0.2) is 0 Å². The predicted octanol–water partition coefficient (Wildman–Crippen LogP) is 3.82. The molecule has 0 aliphatic carbocycles. The van der Waals surface area contributed by atoms with Crippen LogP contribution in [0, 0.1) is 12.1 Å². The van der Waals surface area contributed by atoms with Gasteiger partial charge in [0.15, 0.2) is 21.6 Å². The molecule has 6 nitrogen and oxygen atoms in total. The van der Waals surface area contributed by atoms with E-state index in [0.29, 0.717) is 21.6 Å². The van der Waals surface area contributed by atoms with Crippen LogP contribution < -0.4 is 9.47 Å². The Morgan fingerprint density at radius 1 is 0.786 bits per heavy atom. The number of benzene rings is 2. The summed E-state index contributed by atoms with van der Waals surface area (Å²) in [7, 11) is 3.24. The van der Waals surface area contributed by atoms with Gasteiger partial charge in [-0.3, -0.25) is 9.36 Å². The maximum Gasteiger partial charge on any atom is 2.00 e. The first kappa shape index (κ1) is 20.2. The second-order valence-corrected chi connectivity index (χ2v) is 6.47. The summed E-state index contributed by atoms with van der Waals surface area (Å²) in [4.78, 5) is 0. The van der Waals surface area contributed by atoms with Crippen LogP contribution in [0.25, 0.3) is 11.4 Å². The molecular weight excluding hydrogens is 555 g/mol. The van der Waals surface area contributed by atoms with Crippen LogP contribution in [0.4, 0.5) is 0 Å². The second-order valence-electron chi connectivity index (χ2n) is 5.49. The first-order valence-electron chi connectivity index (χ1n) is 8.18. The molecule has 0 aliphatic rings. The van der Waals surface area contributed by atoms with Crippen molar-refractivity contribution in [3.63, 3.8) is 0 Å². The van der Waals surface area contributed by atoms with Gasteiger partial charge in [0.2, 0.25) is 0 Å². The van der Waals surface area contributed by atoms with Crippen LogP contribution in [-0.2, 0) is 21.1 Å². The summed E-state index contributed by atoms with van der Waals surface area (Å²) in [6.07, 6.45) is 3.64. The van der Waals surface area contributed by atoms with Crippen molar-refractivity contribution < 1.29 is 30.5 Å². The van der Waals surface area contributed by atoms with Crippen molar-refractivity contribution >= 4 is 11.8 Å². The normalized spacial score (nSPS) is 10.4. The van der Waals surface area contributed by atoms with E-state index in [9.17, 15) is 0 Å². The number of rotatable bonds is 6. The number of para-hydroxylation sites is 2. The summed E-state index contributed by atoms with van der Waals surface area (Å²) >= 11 is 1.38. The van der Waals surface area contributed by atoms with Gasteiger partial charge in [-0.15, -0.1) is 12.1 Å². The molecule has 8 heteroatoms. The van der Waals surface area contributed by atoms with Gasteiger partial charge in [-0.05, 0) is 23.1 Å². The minimum Gasteiger partial charge on any atom is -0.492 e. The molecule has 0 saturated heterocycles. The summed E-state index contributed by atoms with van der Waals surface area (Å²) in [5.41, 5.74) is 1.66. The number of hydrogen-bond donors (Lipinski definition) is 0. The van der Waals surface area contributed by atoms with Gasteiger partial charge in [-0.1, -0.05) is 0 Å². The van der Waals surface area contributed by atoms with E-state index in [1.165, 1.54) is 11.8 Å². The fourth-order valence-electron chi connectivity index (χ4n) is 2.50. The van der Waals surface area contributed by atoms with Gasteiger partial charge in [0, 0.05) is 0 Å². The SMILES string of the molecule is COc1cn(-c2[c-]cccc2)nc1Sc1nn(-c2[c-]cccc2)cc1OC.[Pt+2]. The van der Waals surface area contributed by atoms with E-state index in [1.807, 2.05) is 60.9 Å². The molecule has 0 saturated carbocycles. The van der Waals surface area contributed by atoms with Crippen LogP contribution in [-0.4, -0.2) is 33.8 Å². The van der Waals surface area contributed by atoms with E-state index in [1.54, 1.807) is 23.6 Å². The Balaban J connectivity index is 0.00000225. The van der Waals surface area contributed by atoms with Crippen LogP contribution >= 0.6 is 11.8 Å². The Hall–Kier alpha value is -2.50. The van der Waals surface area contributed by atoms with Gasteiger partial charge in [0.25, 0.3) is 0 Å². The molecule has 0 amide bonds. The minimum absolute atomic E-state index is 0.